The van der Waals surface area contributed by atoms with Crippen LogP contribution in [0.15, 0.2) is 0 Å². The number of hydrogen-bond acceptors (Lipinski definition) is 4. The van der Waals surface area contributed by atoms with E-state index < -0.39 is 0 Å². The topological polar surface area (TPSA) is 43.9 Å². The number of amides is 2. The third-order valence-corrected chi connectivity index (χ3v) is 7.59. The summed E-state index contributed by atoms with van der Waals surface area (Å²) in [6.45, 7) is 8.37. The number of thiophene rings is 1. The molecule has 0 spiro atoms. The lowest BCUT2D eigenvalue weighted by molar-refractivity contribution is -0.159. The van der Waals surface area contributed by atoms with Gasteiger partial charge < -0.3 is 9.80 Å². The average molecular weight is 402 g/mol. The van der Waals surface area contributed by atoms with E-state index in [0.717, 1.165) is 45.2 Å². The first-order valence-electron chi connectivity index (χ1n) is 10.7. The SMILES string of the molecule is CCCCN1CC(=O)N2CCN(Cc3c(CC)sc4c3=CCCC=4)CC2C1=O. The van der Waals surface area contributed by atoms with Crippen LogP contribution in [-0.2, 0) is 22.6 Å². The summed E-state index contributed by atoms with van der Waals surface area (Å²) >= 11 is 1.93. The van der Waals surface area contributed by atoms with Gasteiger partial charge in [-0.1, -0.05) is 32.4 Å². The van der Waals surface area contributed by atoms with Crippen LogP contribution in [0, 0.1) is 0 Å². The second-order valence-electron chi connectivity index (χ2n) is 8.07. The Hall–Kier alpha value is -1.66. The fraction of sp³-hybridized carbons (Fsp3) is 0.636. The van der Waals surface area contributed by atoms with Crippen molar-refractivity contribution in [2.24, 2.45) is 0 Å². The van der Waals surface area contributed by atoms with Crippen molar-refractivity contribution in [2.45, 2.75) is 58.5 Å². The molecule has 3 heterocycles. The van der Waals surface area contributed by atoms with Crippen molar-refractivity contribution in [1.82, 2.24) is 14.7 Å². The molecule has 0 aromatic carbocycles. The molecular weight excluding hydrogens is 370 g/mol. The molecule has 0 N–H and O–H groups in total. The maximum atomic E-state index is 13.0. The van der Waals surface area contributed by atoms with Crippen LogP contribution >= 0.6 is 11.3 Å². The molecule has 2 aliphatic heterocycles. The molecule has 0 bridgehead atoms. The van der Waals surface area contributed by atoms with Crippen LogP contribution in [0.1, 0.15) is 50.0 Å². The van der Waals surface area contributed by atoms with E-state index in [1.165, 1.54) is 20.2 Å². The molecule has 28 heavy (non-hydrogen) atoms. The Labute approximate surface area is 171 Å². The molecule has 6 heteroatoms. The quantitative estimate of drug-likeness (QED) is 0.722. The number of carbonyl (C=O) groups excluding carboxylic acids is 2. The van der Waals surface area contributed by atoms with Crippen molar-refractivity contribution in [2.75, 3.05) is 32.7 Å². The van der Waals surface area contributed by atoms with E-state index in [1.807, 2.05) is 16.2 Å². The number of piperazine rings is 2. The number of nitrogens with zero attached hydrogens (tertiary/aromatic N) is 3. The van der Waals surface area contributed by atoms with Crippen LogP contribution < -0.4 is 9.75 Å². The van der Waals surface area contributed by atoms with Crippen molar-refractivity contribution in [3.8, 4) is 0 Å². The maximum absolute atomic E-state index is 13.0. The first-order valence-corrected chi connectivity index (χ1v) is 11.6. The smallest absolute Gasteiger partial charge is 0.247 e. The Kier molecular flexibility index (Phi) is 5.88. The zero-order valence-electron chi connectivity index (χ0n) is 17.1. The minimum atomic E-state index is -0.304. The minimum Gasteiger partial charge on any atom is -0.332 e. The first kappa shape index (κ1) is 19.6. The molecule has 1 aliphatic carbocycles. The van der Waals surface area contributed by atoms with E-state index in [1.54, 1.807) is 4.90 Å². The number of hydrogen-bond donors (Lipinski definition) is 0. The van der Waals surface area contributed by atoms with E-state index in [4.69, 9.17) is 0 Å². The van der Waals surface area contributed by atoms with E-state index in [2.05, 4.69) is 30.9 Å². The number of unbranched alkanes of at least 4 members (excludes halogenated alkanes) is 1. The van der Waals surface area contributed by atoms with Gasteiger partial charge in [0, 0.05) is 42.1 Å². The van der Waals surface area contributed by atoms with Gasteiger partial charge in [0.15, 0.2) is 0 Å². The predicted molar refractivity (Wildman–Crippen MR) is 113 cm³/mol. The van der Waals surface area contributed by atoms with E-state index in [9.17, 15) is 9.59 Å². The van der Waals surface area contributed by atoms with Crippen molar-refractivity contribution in [3.05, 3.63) is 20.2 Å². The molecule has 3 aliphatic rings. The average Bonchev–Trinajstić information content (AvgIpc) is 3.07. The molecule has 4 rings (SSSR count). The van der Waals surface area contributed by atoms with Gasteiger partial charge in [-0.25, -0.2) is 0 Å². The number of carbonyl (C=O) groups is 2. The summed E-state index contributed by atoms with van der Waals surface area (Å²) in [5, 5.41) is 1.42. The Morgan fingerprint density at radius 2 is 1.96 bits per heavy atom. The highest BCUT2D eigenvalue weighted by Crippen LogP contribution is 2.21. The summed E-state index contributed by atoms with van der Waals surface area (Å²) in [6, 6.07) is -0.304. The highest BCUT2D eigenvalue weighted by Gasteiger charge is 2.42. The zero-order chi connectivity index (χ0) is 19.7. The molecule has 0 radical (unpaired) electrons. The summed E-state index contributed by atoms with van der Waals surface area (Å²) in [5.74, 6) is 0.256. The van der Waals surface area contributed by atoms with Gasteiger partial charge >= 0.3 is 0 Å². The molecular formula is C22H31N3O2S. The summed E-state index contributed by atoms with van der Waals surface area (Å²) in [5.41, 5.74) is 1.45. The zero-order valence-corrected chi connectivity index (χ0v) is 17.9. The van der Waals surface area contributed by atoms with Crippen molar-refractivity contribution in [1.29, 1.82) is 0 Å². The molecule has 2 amide bonds. The van der Waals surface area contributed by atoms with E-state index in [0.29, 0.717) is 19.6 Å². The Morgan fingerprint density at radius 3 is 2.75 bits per heavy atom. The first-order chi connectivity index (χ1) is 13.6. The fourth-order valence-electron chi connectivity index (χ4n) is 4.62. The van der Waals surface area contributed by atoms with Crippen LogP contribution in [0.2, 0.25) is 0 Å². The third-order valence-electron chi connectivity index (χ3n) is 6.20. The van der Waals surface area contributed by atoms with Gasteiger partial charge in [-0.2, -0.15) is 0 Å². The number of rotatable bonds is 6. The molecule has 2 saturated heterocycles. The van der Waals surface area contributed by atoms with E-state index >= 15 is 0 Å². The summed E-state index contributed by atoms with van der Waals surface area (Å²) in [7, 11) is 0. The lowest BCUT2D eigenvalue weighted by Crippen LogP contribution is -2.66. The van der Waals surface area contributed by atoms with Crippen molar-refractivity contribution >= 4 is 35.3 Å². The highest BCUT2D eigenvalue weighted by atomic mass is 32.1. The third kappa shape index (κ3) is 3.64. The van der Waals surface area contributed by atoms with Gasteiger partial charge in [-0.15, -0.1) is 11.3 Å². The molecule has 5 nitrogen and oxygen atoms in total. The van der Waals surface area contributed by atoms with Gasteiger partial charge in [0.1, 0.15) is 6.04 Å². The molecule has 152 valence electrons. The molecule has 0 saturated carbocycles. The maximum Gasteiger partial charge on any atom is 0.247 e. The molecule has 1 aromatic rings. The van der Waals surface area contributed by atoms with E-state index in [-0.39, 0.29) is 24.4 Å². The molecule has 1 aromatic heterocycles. The molecule has 1 unspecified atom stereocenters. The lowest BCUT2D eigenvalue weighted by Gasteiger charge is -2.46. The Balaban J connectivity index is 1.53. The number of aryl methyl sites for hydroxylation is 1. The summed E-state index contributed by atoms with van der Waals surface area (Å²) in [6.07, 6.45) is 10.1. The van der Waals surface area contributed by atoms with Gasteiger partial charge in [-0.3, -0.25) is 14.5 Å². The second-order valence-corrected chi connectivity index (χ2v) is 9.21. The normalized spacial score (nSPS) is 22.6. The Morgan fingerprint density at radius 1 is 1.14 bits per heavy atom. The van der Waals surface area contributed by atoms with Gasteiger partial charge in [0.05, 0.1) is 6.54 Å². The van der Waals surface area contributed by atoms with Crippen LogP contribution in [0.4, 0.5) is 0 Å². The van der Waals surface area contributed by atoms with Crippen LogP contribution in [-0.4, -0.2) is 65.3 Å². The Bertz CT molecular complexity index is 875. The minimum absolute atomic E-state index is 0.116. The second kappa shape index (κ2) is 8.37. The largest absolute Gasteiger partial charge is 0.332 e. The van der Waals surface area contributed by atoms with Crippen LogP contribution in [0.25, 0.3) is 12.2 Å². The number of fused-ring (bicyclic) bond motifs is 2. The standard InChI is InChI=1S/C22H31N3O2S/c1-3-5-10-24-15-21(26)25-12-11-23(14-18(25)22(24)27)13-17-16-8-6-7-9-20(16)28-19(17)4-2/h8-9,18H,3-7,10-15H2,1-2H3. The predicted octanol–water partition coefficient (Wildman–Crippen LogP) is 1.32. The van der Waals surface area contributed by atoms with Crippen LogP contribution in [0.5, 0.6) is 0 Å². The summed E-state index contributed by atoms with van der Waals surface area (Å²) < 4.78 is 1.42. The van der Waals surface area contributed by atoms with Gasteiger partial charge in [-0.05, 0) is 36.5 Å². The molecule has 2 fully saturated rings. The summed E-state index contributed by atoms with van der Waals surface area (Å²) in [4.78, 5) is 33.0. The monoisotopic (exact) mass is 401 g/mol. The highest BCUT2D eigenvalue weighted by molar-refractivity contribution is 7.10. The van der Waals surface area contributed by atoms with Crippen molar-refractivity contribution < 1.29 is 9.59 Å². The fourth-order valence-corrected chi connectivity index (χ4v) is 5.85. The van der Waals surface area contributed by atoms with Gasteiger partial charge in [0.25, 0.3) is 0 Å². The van der Waals surface area contributed by atoms with Crippen molar-refractivity contribution in [3.63, 3.8) is 0 Å². The van der Waals surface area contributed by atoms with Crippen LogP contribution in [0.3, 0.4) is 0 Å². The lowest BCUT2D eigenvalue weighted by atomic mass is 10.0. The van der Waals surface area contributed by atoms with Gasteiger partial charge in [0.2, 0.25) is 11.8 Å². The molecule has 1 atom stereocenters.